The number of ether oxygens (including phenoxy) is 1. The molecule has 0 saturated heterocycles. The normalized spacial score (nSPS) is 10.5. The predicted octanol–water partition coefficient (Wildman–Crippen LogP) is 1.69. The van der Waals surface area contributed by atoms with E-state index in [1.165, 1.54) is 16.8 Å². The van der Waals surface area contributed by atoms with E-state index in [1.54, 1.807) is 13.0 Å². The van der Waals surface area contributed by atoms with Crippen molar-refractivity contribution in [3.63, 3.8) is 0 Å². The van der Waals surface area contributed by atoms with Crippen molar-refractivity contribution in [1.29, 1.82) is 0 Å². The summed E-state index contributed by atoms with van der Waals surface area (Å²) >= 11 is 5.83. The van der Waals surface area contributed by atoms with Gasteiger partial charge in [0, 0.05) is 0 Å². The van der Waals surface area contributed by atoms with E-state index in [0.29, 0.717) is 5.56 Å². The maximum absolute atomic E-state index is 13.3. The molecule has 0 saturated carbocycles. The number of carbonyl (C=O) groups is 1. The molecular formula is C11H10ClFN4O2. The zero-order chi connectivity index (χ0) is 13.8. The molecule has 0 bridgehead atoms. The molecule has 2 rings (SSSR count). The van der Waals surface area contributed by atoms with Crippen molar-refractivity contribution < 1.29 is 13.9 Å². The molecule has 19 heavy (non-hydrogen) atoms. The van der Waals surface area contributed by atoms with Gasteiger partial charge in [-0.3, -0.25) is 0 Å². The van der Waals surface area contributed by atoms with Crippen LogP contribution in [0.15, 0.2) is 18.2 Å². The molecule has 0 aliphatic heterocycles. The first kappa shape index (κ1) is 13.4. The lowest BCUT2D eigenvalue weighted by Gasteiger charge is -2.06. The Bertz CT molecular complexity index is 602. The van der Waals surface area contributed by atoms with Crippen molar-refractivity contribution in [3.8, 4) is 0 Å². The first-order valence-electron chi connectivity index (χ1n) is 5.49. The largest absolute Gasteiger partial charge is 0.460 e. The maximum atomic E-state index is 13.3. The number of benzene rings is 1. The number of carbonyl (C=O) groups excluding carboxylic acids is 1. The smallest absolute Gasteiger partial charge is 0.378 e. The van der Waals surface area contributed by atoms with Crippen molar-refractivity contribution in [2.24, 2.45) is 0 Å². The summed E-state index contributed by atoms with van der Waals surface area (Å²) in [6.07, 6.45) is 0. The monoisotopic (exact) mass is 284 g/mol. The van der Waals surface area contributed by atoms with Gasteiger partial charge >= 0.3 is 5.97 Å². The lowest BCUT2D eigenvalue weighted by atomic mass is 10.2. The molecule has 0 fully saturated rings. The number of hydrogen-bond acceptors (Lipinski definition) is 5. The zero-order valence-corrected chi connectivity index (χ0v) is 10.8. The highest BCUT2D eigenvalue weighted by Crippen LogP contribution is 2.20. The van der Waals surface area contributed by atoms with Gasteiger partial charge in [-0.25, -0.2) is 13.9 Å². The van der Waals surface area contributed by atoms with Gasteiger partial charge in [-0.15, -0.1) is 5.10 Å². The van der Waals surface area contributed by atoms with E-state index >= 15 is 0 Å². The minimum absolute atomic E-state index is 0.0205. The molecule has 0 aliphatic rings. The molecule has 0 unspecified atom stereocenters. The zero-order valence-electron chi connectivity index (χ0n) is 10.0. The van der Waals surface area contributed by atoms with Crippen LogP contribution >= 0.6 is 11.6 Å². The van der Waals surface area contributed by atoms with Crippen LogP contribution in [0.2, 0.25) is 5.02 Å². The first-order valence-corrected chi connectivity index (χ1v) is 5.87. The van der Waals surface area contributed by atoms with Gasteiger partial charge in [-0.2, -0.15) is 0 Å². The highest BCUT2D eigenvalue weighted by atomic mass is 35.5. The Morgan fingerprint density at radius 2 is 2.32 bits per heavy atom. The predicted molar refractivity (Wildman–Crippen MR) is 64.3 cm³/mol. The highest BCUT2D eigenvalue weighted by Gasteiger charge is 2.18. The number of hydrogen-bond donors (Lipinski definition) is 0. The minimum Gasteiger partial charge on any atom is -0.460 e. The van der Waals surface area contributed by atoms with Gasteiger partial charge in [0.15, 0.2) is 0 Å². The van der Waals surface area contributed by atoms with Crippen molar-refractivity contribution in [2.45, 2.75) is 13.5 Å². The summed E-state index contributed by atoms with van der Waals surface area (Å²) in [5.74, 6) is -1.23. The third-order valence-corrected chi connectivity index (χ3v) is 2.76. The number of esters is 1. The summed E-state index contributed by atoms with van der Waals surface area (Å²) in [6, 6.07) is 4.39. The standard InChI is InChI=1S/C11H10ClFN4O2/c1-2-19-11(18)10-14-15-16-17(10)6-7-4-3-5-8(13)9(7)12/h3-5H,2,6H2,1H3. The van der Waals surface area contributed by atoms with E-state index < -0.39 is 11.8 Å². The summed E-state index contributed by atoms with van der Waals surface area (Å²) < 4.78 is 19.3. The van der Waals surface area contributed by atoms with Crippen LogP contribution < -0.4 is 0 Å². The molecule has 2 aromatic rings. The second kappa shape index (κ2) is 5.75. The molecule has 1 heterocycles. The van der Waals surface area contributed by atoms with Crippen LogP contribution in [0.25, 0.3) is 0 Å². The van der Waals surface area contributed by atoms with Crippen LogP contribution in [0.1, 0.15) is 23.1 Å². The Morgan fingerprint density at radius 3 is 3.05 bits per heavy atom. The summed E-state index contributed by atoms with van der Waals surface area (Å²) in [7, 11) is 0. The molecule has 1 aromatic carbocycles. The molecule has 0 aliphatic carbocycles. The van der Waals surface area contributed by atoms with Crippen molar-refractivity contribution in [3.05, 3.63) is 40.4 Å². The molecule has 6 nitrogen and oxygen atoms in total. The molecule has 0 atom stereocenters. The number of rotatable bonds is 4. The summed E-state index contributed by atoms with van der Waals surface area (Å²) in [5.41, 5.74) is 0.472. The average Bonchev–Trinajstić information content (AvgIpc) is 2.83. The molecular weight excluding hydrogens is 275 g/mol. The van der Waals surface area contributed by atoms with E-state index in [4.69, 9.17) is 16.3 Å². The quantitative estimate of drug-likeness (QED) is 0.799. The number of tetrazole rings is 1. The van der Waals surface area contributed by atoms with Crippen LogP contribution in [-0.4, -0.2) is 32.8 Å². The minimum atomic E-state index is -0.639. The average molecular weight is 285 g/mol. The van der Waals surface area contributed by atoms with Crippen molar-refractivity contribution >= 4 is 17.6 Å². The Kier molecular flexibility index (Phi) is 4.06. The Morgan fingerprint density at radius 1 is 1.53 bits per heavy atom. The van der Waals surface area contributed by atoms with E-state index in [2.05, 4.69) is 15.5 Å². The summed E-state index contributed by atoms with van der Waals surface area (Å²) in [6.45, 7) is 1.97. The molecule has 0 amide bonds. The third kappa shape index (κ3) is 2.87. The van der Waals surface area contributed by atoms with Gasteiger partial charge in [0.05, 0.1) is 18.2 Å². The molecule has 0 spiro atoms. The van der Waals surface area contributed by atoms with E-state index in [1.807, 2.05) is 0 Å². The molecule has 0 radical (unpaired) electrons. The summed E-state index contributed by atoms with van der Waals surface area (Å²) in [5, 5.41) is 10.6. The fourth-order valence-corrected chi connectivity index (χ4v) is 1.67. The van der Waals surface area contributed by atoms with Crippen LogP contribution in [0, 0.1) is 5.82 Å². The topological polar surface area (TPSA) is 69.9 Å². The van der Waals surface area contributed by atoms with Crippen LogP contribution in [0.4, 0.5) is 4.39 Å². The Balaban J connectivity index is 2.27. The second-order valence-electron chi connectivity index (χ2n) is 3.59. The van der Waals surface area contributed by atoms with Gasteiger partial charge in [-0.1, -0.05) is 23.7 Å². The lowest BCUT2D eigenvalue weighted by molar-refractivity contribution is 0.0505. The van der Waals surface area contributed by atoms with Gasteiger partial charge in [0.1, 0.15) is 5.82 Å². The van der Waals surface area contributed by atoms with E-state index in [9.17, 15) is 9.18 Å². The number of aromatic nitrogens is 4. The lowest BCUT2D eigenvalue weighted by Crippen LogP contribution is -2.15. The molecule has 8 heteroatoms. The first-order chi connectivity index (χ1) is 9.13. The van der Waals surface area contributed by atoms with Crippen molar-refractivity contribution in [1.82, 2.24) is 20.2 Å². The van der Waals surface area contributed by atoms with E-state index in [-0.39, 0.29) is 24.0 Å². The number of nitrogens with zero attached hydrogens (tertiary/aromatic N) is 4. The van der Waals surface area contributed by atoms with Crippen LogP contribution in [-0.2, 0) is 11.3 Å². The maximum Gasteiger partial charge on any atom is 0.378 e. The van der Waals surface area contributed by atoms with Gasteiger partial charge in [-0.05, 0) is 29.0 Å². The van der Waals surface area contributed by atoms with Gasteiger partial charge < -0.3 is 4.74 Å². The molecule has 100 valence electrons. The van der Waals surface area contributed by atoms with E-state index in [0.717, 1.165) is 0 Å². The Labute approximate surface area is 113 Å². The number of halogens is 2. The molecule has 0 N–H and O–H groups in total. The van der Waals surface area contributed by atoms with Crippen molar-refractivity contribution in [2.75, 3.05) is 6.61 Å². The third-order valence-electron chi connectivity index (χ3n) is 2.34. The van der Waals surface area contributed by atoms with Crippen LogP contribution in [0.5, 0.6) is 0 Å². The second-order valence-corrected chi connectivity index (χ2v) is 3.97. The fourth-order valence-electron chi connectivity index (χ4n) is 1.48. The molecule has 1 aromatic heterocycles. The van der Waals surface area contributed by atoms with Gasteiger partial charge in [0.25, 0.3) is 5.82 Å². The summed E-state index contributed by atoms with van der Waals surface area (Å²) in [4.78, 5) is 11.6. The fraction of sp³-hybridized carbons (Fsp3) is 0.273. The SMILES string of the molecule is CCOC(=O)c1nnnn1Cc1cccc(F)c1Cl. The van der Waals surface area contributed by atoms with Gasteiger partial charge in [0.2, 0.25) is 0 Å². The Hall–Kier alpha value is -2.02. The van der Waals surface area contributed by atoms with Crippen LogP contribution in [0.3, 0.4) is 0 Å². The highest BCUT2D eigenvalue weighted by molar-refractivity contribution is 6.31.